The van der Waals surface area contributed by atoms with Crippen LogP contribution < -0.4 is 14.8 Å². The van der Waals surface area contributed by atoms with Gasteiger partial charge in [0.05, 0.1) is 31.3 Å². The van der Waals surface area contributed by atoms with E-state index in [1.807, 2.05) is 47.6 Å². The standard InChI is InChI=1S/C39H54N4O7/c1-10-12-13-14-26-27-17-24(27)18-31(26)50-38(46)42-34(39(6,7)8)36(44)43-20-32(23(5)33(43)37(45)48-21-22(3)4)49-35-28(11-2)40-29-16-15-25(47-9)19-30(29)41-35/h10-11,15-16,19,22-24,26-27,31-34H,1-2,12-14,17-18,20-21H2,3-9H3,(H,42,46). The number of amides is 2. The fourth-order valence-electron chi connectivity index (χ4n) is 7.48. The zero-order valence-corrected chi connectivity index (χ0v) is 30.6. The van der Waals surface area contributed by atoms with Crippen molar-refractivity contribution in [3.05, 3.63) is 43.1 Å². The number of unbranched alkanes of at least 4 members (excludes halogenated alkanes) is 1. The molecule has 2 aliphatic carbocycles. The average Bonchev–Trinajstić information content (AvgIpc) is 3.64. The van der Waals surface area contributed by atoms with Gasteiger partial charge in [-0.05, 0) is 79.4 Å². The molecule has 2 aromatic rings. The molecule has 3 aliphatic rings. The Morgan fingerprint density at radius 2 is 1.86 bits per heavy atom. The number of likely N-dealkylation sites (tertiary alicyclic amines) is 1. The minimum Gasteiger partial charge on any atom is -0.497 e. The quantitative estimate of drug-likeness (QED) is 0.133. The van der Waals surface area contributed by atoms with E-state index in [1.54, 1.807) is 31.4 Å². The molecule has 0 bridgehead atoms. The van der Waals surface area contributed by atoms with Crippen LogP contribution in [0.4, 0.5) is 4.79 Å². The first-order valence-electron chi connectivity index (χ1n) is 18.0. The Balaban J connectivity index is 1.38. The van der Waals surface area contributed by atoms with Crippen molar-refractivity contribution >= 4 is 35.1 Å². The number of esters is 1. The smallest absolute Gasteiger partial charge is 0.408 e. The van der Waals surface area contributed by atoms with Gasteiger partial charge in [-0.3, -0.25) is 4.79 Å². The van der Waals surface area contributed by atoms with Crippen LogP contribution in [0, 0.1) is 35.0 Å². The third-order valence-corrected chi connectivity index (χ3v) is 10.3. The number of aromatic nitrogens is 2. The fraction of sp³-hybridized carbons (Fsp3) is 0.615. The second kappa shape index (κ2) is 15.4. The number of fused-ring (bicyclic) bond motifs is 2. The van der Waals surface area contributed by atoms with Crippen molar-refractivity contribution in [2.24, 2.45) is 35.0 Å². The molecule has 5 rings (SSSR count). The largest absolute Gasteiger partial charge is 0.497 e. The molecule has 1 aromatic carbocycles. The SMILES string of the molecule is C=CCCCC1C(OC(=O)NC(C(=O)N2CC(Oc3nc4cc(OC)ccc4nc3C=C)C(C)C2C(=O)OCC(C)C)C(C)(C)C)CC2CC21. The van der Waals surface area contributed by atoms with E-state index in [4.69, 9.17) is 23.9 Å². The Hall–Kier alpha value is -4.15. The lowest BCUT2D eigenvalue weighted by Crippen LogP contribution is -2.57. The second-order valence-corrected chi connectivity index (χ2v) is 15.6. The summed E-state index contributed by atoms with van der Waals surface area (Å²) in [7, 11) is 1.58. The van der Waals surface area contributed by atoms with Gasteiger partial charge in [0.2, 0.25) is 11.8 Å². The lowest BCUT2D eigenvalue weighted by Gasteiger charge is -2.35. The van der Waals surface area contributed by atoms with E-state index in [1.165, 1.54) is 11.3 Å². The summed E-state index contributed by atoms with van der Waals surface area (Å²) in [5.74, 6) is 1.09. The molecule has 272 valence electrons. The molecule has 2 saturated carbocycles. The van der Waals surface area contributed by atoms with E-state index in [9.17, 15) is 14.4 Å². The summed E-state index contributed by atoms with van der Waals surface area (Å²) in [6.07, 6.45) is 7.04. The number of ether oxygens (including phenoxy) is 4. The molecule has 8 unspecified atom stereocenters. The molecule has 3 fully saturated rings. The number of alkyl carbamates (subject to hydrolysis) is 1. The minimum atomic E-state index is -0.979. The number of hydrogen-bond donors (Lipinski definition) is 1. The van der Waals surface area contributed by atoms with Crippen LogP contribution in [-0.2, 0) is 19.1 Å². The Morgan fingerprint density at radius 1 is 1.10 bits per heavy atom. The molecular weight excluding hydrogens is 636 g/mol. The van der Waals surface area contributed by atoms with E-state index in [0.29, 0.717) is 40.2 Å². The summed E-state index contributed by atoms with van der Waals surface area (Å²) in [4.78, 5) is 52.6. The molecule has 2 amide bonds. The van der Waals surface area contributed by atoms with Crippen LogP contribution in [0.5, 0.6) is 11.6 Å². The van der Waals surface area contributed by atoms with E-state index in [2.05, 4.69) is 23.5 Å². The lowest BCUT2D eigenvalue weighted by molar-refractivity contribution is -0.156. The van der Waals surface area contributed by atoms with Crippen LogP contribution >= 0.6 is 0 Å². The van der Waals surface area contributed by atoms with Crippen LogP contribution in [0.2, 0.25) is 0 Å². The number of rotatable bonds is 14. The van der Waals surface area contributed by atoms with Crippen molar-refractivity contribution in [3.8, 4) is 11.6 Å². The zero-order valence-electron chi connectivity index (χ0n) is 30.6. The van der Waals surface area contributed by atoms with Gasteiger partial charge in [0.25, 0.3) is 0 Å². The summed E-state index contributed by atoms with van der Waals surface area (Å²) in [5, 5.41) is 2.91. The zero-order chi connectivity index (χ0) is 36.3. The van der Waals surface area contributed by atoms with Gasteiger partial charge >= 0.3 is 12.1 Å². The van der Waals surface area contributed by atoms with Gasteiger partial charge in [-0.15, -0.1) is 6.58 Å². The van der Waals surface area contributed by atoms with Crippen LogP contribution in [0.3, 0.4) is 0 Å². The molecule has 1 aromatic heterocycles. The first-order valence-corrected chi connectivity index (χ1v) is 18.0. The maximum atomic E-state index is 14.6. The number of benzene rings is 1. The van der Waals surface area contributed by atoms with Crippen molar-refractivity contribution in [3.63, 3.8) is 0 Å². The first kappa shape index (κ1) is 37.1. The van der Waals surface area contributed by atoms with Crippen molar-refractivity contribution in [2.45, 2.75) is 97.9 Å². The van der Waals surface area contributed by atoms with Gasteiger partial charge in [0.1, 0.15) is 35.7 Å². The van der Waals surface area contributed by atoms with Crippen LogP contribution in [0.15, 0.2) is 37.4 Å². The van der Waals surface area contributed by atoms with Crippen LogP contribution in [0.25, 0.3) is 17.1 Å². The fourth-order valence-corrected chi connectivity index (χ4v) is 7.48. The molecular formula is C39H54N4O7. The number of nitrogens with zero attached hydrogens (tertiary/aromatic N) is 3. The Morgan fingerprint density at radius 3 is 2.52 bits per heavy atom. The highest BCUT2D eigenvalue weighted by molar-refractivity contribution is 5.91. The van der Waals surface area contributed by atoms with E-state index in [-0.39, 0.29) is 31.1 Å². The molecule has 1 saturated heterocycles. The number of carbonyl (C=O) groups excluding carboxylic acids is 3. The van der Waals surface area contributed by atoms with Crippen LogP contribution in [0.1, 0.15) is 79.3 Å². The van der Waals surface area contributed by atoms with Gasteiger partial charge in [-0.1, -0.05) is 54.2 Å². The van der Waals surface area contributed by atoms with Gasteiger partial charge in [0.15, 0.2) is 0 Å². The number of nitrogens with one attached hydrogen (secondary N) is 1. The summed E-state index contributed by atoms with van der Waals surface area (Å²) in [5.41, 5.74) is 0.936. The summed E-state index contributed by atoms with van der Waals surface area (Å²) in [6, 6.07) is 3.44. The second-order valence-electron chi connectivity index (χ2n) is 15.6. The highest BCUT2D eigenvalue weighted by Gasteiger charge is 2.55. The number of carbonyl (C=O) groups is 3. The van der Waals surface area contributed by atoms with Gasteiger partial charge in [-0.2, -0.15) is 0 Å². The topological polar surface area (TPSA) is 129 Å². The number of hydrogen-bond acceptors (Lipinski definition) is 9. The molecule has 1 aliphatic heterocycles. The highest BCUT2D eigenvalue weighted by Crippen LogP contribution is 2.57. The molecule has 0 radical (unpaired) electrons. The van der Waals surface area contributed by atoms with Crippen molar-refractivity contribution in [1.82, 2.24) is 20.2 Å². The van der Waals surface area contributed by atoms with Gasteiger partial charge in [-0.25, -0.2) is 19.6 Å². The molecule has 2 heterocycles. The summed E-state index contributed by atoms with van der Waals surface area (Å²) in [6.45, 7) is 19.4. The van der Waals surface area contributed by atoms with Crippen LogP contribution in [-0.4, -0.2) is 77.4 Å². The minimum absolute atomic E-state index is 0.0660. The van der Waals surface area contributed by atoms with Crippen molar-refractivity contribution < 1.29 is 33.3 Å². The maximum Gasteiger partial charge on any atom is 0.408 e. The third kappa shape index (κ3) is 8.24. The molecule has 11 heteroatoms. The van der Waals surface area contributed by atoms with Crippen molar-refractivity contribution in [1.29, 1.82) is 0 Å². The Bertz CT molecular complexity index is 1590. The lowest BCUT2D eigenvalue weighted by atomic mass is 9.85. The number of allylic oxidation sites excluding steroid dienone is 1. The first-order chi connectivity index (χ1) is 23.7. The van der Waals surface area contributed by atoms with Gasteiger partial charge < -0.3 is 29.2 Å². The molecule has 8 atom stereocenters. The molecule has 50 heavy (non-hydrogen) atoms. The monoisotopic (exact) mass is 690 g/mol. The predicted molar refractivity (Wildman–Crippen MR) is 191 cm³/mol. The van der Waals surface area contributed by atoms with E-state index in [0.717, 1.165) is 25.7 Å². The normalized spacial score (nSPS) is 26.2. The van der Waals surface area contributed by atoms with Gasteiger partial charge in [0, 0.05) is 12.0 Å². The van der Waals surface area contributed by atoms with E-state index >= 15 is 0 Å². The number of methoxy groups -OCH3 is 1. The molecule has 11 nitrogen and oxygen atoms in total. The molecule has 1 N–H and O–H groups in total. The maximum absolute atomic E-state index is 14.6. The Kier molecular flexibility index (Phi) is 11.4. The highest BCUT2D eigenvalue weighted by atomic mass is 16.6. The molecule has 0 spiro atoms. The van der Waals surface area contributed by atoms with Crippen molar-refractivity contribution in [2.75, 3.05) is 20.3 Å². The Labute approximate surface area is 296 Å². The average molecular weight is 691 g/mol. The predicted octanol–water partition coefficient (Wildman–Crippen LogP) is 6.60. The third-order valence-electron chi connectivity index (χ3n) is 10.3. The van der Waals surface area contributed by atoms with E-state index < -0.39 is 47.5 Å². The summed E-state index contributed by atoms with van der Waals surface area (Å²) < 4.78 is 23.6. The summed E-state index contributed by atoms with van der Waals surface area (Å²) >= 11 is 0.